The lowest BCUT2D eigenvalue weighted by molar-refractivity contribution is 0.547. The Balaban J connectivity index is 1.97. The van der Waals surface area contributed by atoms with Gasteiger partial charge in [-0.3, -0.25) is 0 Å². The standard InChI is InChI=1S/C17H28N2/c1-4-18-12-16-9-10-17(11-14(16)2)19(3)13-15-7-5-6-8-15/h9-11,15,18H,4-8,12-13H2,1-3H3. The first-order chi connectivity index (χ1) is 9.20. The van der Waals surface area contributed by atoms with Crippen LogP contribution in [0.4, 0.5) is 5.69 Å². The van der Waals surface area contributed by atoms with Crippen LogP contribution in [0, 0.1) is 12.8 Å². The fraction of sp³-hybridized carbons (Fsp3) is 0.647. The molecule has 1 aliphatic carbocycles. The molecule has 1 aliphatic rings. The molecule has 0 bridgehead atoms. The Labute approximate surface area is 118 Å². The van der Waals surface area contributed by atoms with Gasteiger partial charge in [-0.05, 0) is 55.5 Å². The third-order valence-corrected chi connectivity index (χ3v) is 4.34. The summed E-state index contributed by atoms with van der Waals surface area (Å²) < 4.78 is 0. The van der Waals surface area contributed by atoms with Gasteiger partial charge in [0.05, 0.1) is 0 Å². The second-order valence-corrected chi connectivity index (χ2v) is 5.92. The number of hydrogen-bond donors (Lipinski definition) is 1. The summed E-state index contributed by atoms with van der Waals surface area (Å²) in [5.74, 6) is 0.909. The van der Waals surface area contributed by atoms with Crippen LogP contribution >= 0.6 is 0 Å². The van der Waals surface area contributed by atoms with Crippen LogP contribution in [0.5, 0.6) is 0 Å². The third kappa shape index (κ3) is 3.97. The minimum atomic E-state index is 0.909. The Kier molecular flexibility index (Phi) is 5.26. The van der Waals surface area contributed by atoms with Gasteiger partial charge < -0.3 is 10.2 Å². The van der Waals surface area contributed by atoms with E-state index >= 15 is 0 Å². The van der Waals surface area contributed by atoms with Crippen LogP contribution in [0.15, 0.2) is 18.2 Å². The van der Waals surface area contributed by atoms with Crippen molar-refractivity contribution in [3.05, 3.63) is 29.3 Å². The van der Waals surface area contributed by atoms with Gasteiger partial charge in [0, 0.05) is 25.8 Å². The van der Waals surface area contributed by atoms with Crippen LogP contribution in [-0.2, 0) is 6.54 Å². The average molecular weight is 260 g/mol. The third-order valence-electron chi connectivity index (χ3n) is 4.34. The lowest BCUT2D eigenvalue weighted by Crippen LogP contribution is -2.24. The highest BCUT2D eigenvalue weighted by atomic mass is 15.1. The molecule has 0 radical (unpaired) electrons. The van der Waals surface area contributed by atoms with Crippen molar-refractivity contribution in [2.24, 2.45) is 5.92 Å². The summed E-state index contributed by atoms with van der Waals surface area (Å²) in [7, 11) is 2.23. The number of benzene rings is 1. The van der Waals surface area contributed by atoms with Gasteiger partial charge in [0.1, 0.15) is 0 Å². The quantitative estimate of drug-likeness (QED) is 0.838. The van der Waals surface area contributed by atoms with E-state index in [0.29, 0.717) is 0 Å². The van der Waals surface area contributed by atoms with Gasteiger partial charge in [0.25, 0.3) is 0 Å². The predicted molar refractivity (Wildman–Crippen MR) is 83.8 cm³/mol. The van der Waals surface area contributed by atoms with Crippen molar-refractivity contribution in [3.63, 3.8) is 0 Å². The molecule has 2 rings (SSSR count). The van der Waals surface area contributed by atoms with Crippen LogP contribution in [0.25, 0.3) is 0 Å². The molecule has 2 heteroatoms. The molecule has 0 atom stereocenters. The van der Waals surface area contributed by atoms with Crippen molar-refractivity contribution in [1.82, 2.24) is 5.32 Å². The second-order valence-electron chi connectivity index (χ2n) is 5.92. The van der Waals surface area contributed by atoms with Crippen molar-refractivity contribution in [1.29, 1.82) is 0 Å². The van der Waals surface area contributed by atoms with Crippen LogP contribution in [-0.4, -0.2) is 20.1 Å². The van der Waals surface area contributed by atoms with Gasteiger partial charge in [-0.2, -0.15) is 0 Å². The smallest absolute Gasteiger partial charge is 0.0366 e. The molecule has 1 N–H and O–H groups in total. The molecule has 0 aromatic heterocycles. The van der Waals surface area contributed by atoms with Gasteiger partial charge in [-0.1, -0.05) is 25.8 Å². The van der Waals surface area contributed by atoms with E-state index in [1.165, 1.54) is 49.0 Å². The molecule has 0 aliphatic heterocycles. The summed E-state index contributed by atoms with van der Waals surface area (Å²) in [6, 6.07) is 6.88. The maximum atomic E-state index is 3.40. The van der Waals surface area contributed by atoms with E-state index in [0.717, 1.165) is 19.0 Å². The van der Waals surface area contributed by atoms with Gasteiger partial charge >= 0.3 is 0 Å². The largest absolute Gasteiger partial charge is 0.374 e. The van der Waals surface area contributed by atoms with Crippen molar-refractivity contribution in [2.75, 3.05) is 25.0 Å². The fourth-order valence-corrected chi connectivity index (χ4v) is 3.06. The van der Waals surface area contributed by atoms with E-state index in [4.69, 9.17) is 0 Å². The van der Waals surface area contributed by atoms with E-state index in [2.05, 4.69) is 49.3 Å². The zero-order chi connectivity index (χ0) is 13.7. The second kappa shape index (κ2) is 6.95. The summed E-state index contributed by atoms with van der Waals surface area (Å²) in [6.45, 7) is 7.60. The highest BCUT2D eigenvalue weighted by Gasteiger charge is 2.17. The number of anilines is 1. The summed E-state index contributed by atoms with van der Waals surface area (Å²) in [5.41, 5.74) is 4.18. The van der Waals surface area contributed by atoms with Gasteiger partial charge in [-0.15, -0.1) is 0 Å². The van der Waals surface area contributed by atoms with E-state index < -0.39 is 0 Å². The van der Waals surface area contributed by atoms with Crippen LogP contribution in [0.3, 0.4) is 0 Å². The maximum absolute atomic E-state index is 3.40. The minimum absolute atomic E-state index is 0.909. The molecule has 2 nitrogen and oxygen atoms in total. The van der Waals surface area contributed by atoms with Crippen LogP contribution in [0.2, 0.25) is 0 Å². The van der Waals surface area contributed by atoms with Crippen molar-refractivity contribution in [3.8, 4) is 0 Å². The number of hydrogen-bond acceptors (Lipinski definition) is 2. The Morgan fingerprint density at radius 2 is 2.00 bits per heavy atom. The first kappa shape index (κ1) is 14.4. The first-order valence-corrected chi connectivity index (χ1v) is 7.72. The molecule has 0 heterocycles. The zero-order valence-electron chi connectivity index (χ0n) is 12.7. The Hall–Kier alpha value is -1.02. The fourth-order valence-electron chi connectivity index (χ4n) is 3.06. The van der Waals surface area contributed by atoms with Gasteiger partial charge in [0.15, 0.2) is 0 Å². The molecular weight excluding hydrogens is 232 g/mol. The SMILES string of the molecule is CCNCc1ccc(N(C)CC2CCCC2)cc1C. The van der Waals surface area contributed by atoms with Crippen LogP contribution < -0.4 is 10.2 Å². The highest BCUT2D eigenvalue weighted by Crippen LogP contribution is 2.27. The lowest BCUT2D eigenvalue weighted by Gasteiger charge is -2.24. The van der Waals surface area contributed by atoms with E-state index in [1.54, 1.807) is 0 Å². The summed E-state index contributed by atoms with van der Waals surface area (Å²) in [5, 5.41) is 3.40. The first-order valence-electron chi connectivity index (χ1n) is 7.72. The van der Waals surface area contributed by atoms with E-state index in [9.17, 15) is 0 Å². The normalized spacial score (nSPS) is 15.9. The minimum Gasteiger partial charge on any atom is -0.374 e. The topological polar surface area (TPSA) is 15.3 Å². The van der Waals surface area contributed by atoms with E-state index in [1.807, 2.05) is 0 Å². The number of rotatable bonds is 6. The lowest BCUT2D eigenvalue weighted by atomic mass is 10.1. The Bertz CT molecular complexity index is 394. The molecule has 106 valence electrons. The molecule has 0 spiro atoms. The van der Waals surface area contributed by atoms with Crippen molar-refractivity contribution >= 4 is 5.69 Å². The molecule has 1 fully saturated rings. The van der Waals surface area contributed by atoms with Crippen molar-refractivity contribution < 1.29 is 0 Å². The molecule has 1 aromatic carbocycles. The average Bonchev–Trinajstić information content (AvgIpc) is 2.90. The molecule has 19 heavy (non-hydrogen) atoms. The molecular formula is C17H28N2. The van der Waals surface area contributed by atoms with Crippen molar-refractivity contribution in [2.45, 2.75) is 46.1 Å². The summed E-state index contributed by atoms with van der Waals surface area (Å²) >= 11 is 0. The Morgan fingerprint density at radius 3 is 2.63 bits per heavy atom. The predicted octanol–water partition coefficient (Wildman–Crippen LogP) is 3.73. The summed E-state index contributed by atoms with van der Waals surface area (Å²) in [6.07, 6.45) is 5.70. The zero-order valence-corrected chi connectivity index (χ0v) is 12.7. The molecule has 0 saturated heterocycles. The monoisotopic (exact) mass is 260 g/mol. The Morgan fingerprint density at radius 1 is 1.26 bits per heavy atom. The van der Waals surface area contributed by atoms with E-state index in [-0.39, 0.29) is 0 Å². The maximum Gasteiger partial charge on any atom is 0.0366 e. The van der Waals surface area contributed by atoms with Crippen LogP contribution in [0.1, 0.15) is 43.7 Å². The molecule has 0 unspecified atom stereocenters. The molecule has 0 amide bonds. The number of nitrogens with zero attached hydrogens (tertiary/aromatic N) is 1. The molecule has 1 aromatic rings. The molecule has 1 saturated carbocycles. The van der Waals surface area contributed by atoms with Gasteiger partial charge in [-0.25, -0.2) is 0 Å². The van der Waals surface area contributed by atoms with Gasteiger partial charge in [0.2, 0.25) is 0 Å². The summed E-state index contributed by atoms with van der Waals surface area (Å²) in [4.78, 5) is 2.43. The number of nitrogens with one attached hydrogen (secondary N) is 1. The highest BCUT2D eigenvalue weighted by molar-refractivity contribution is 5.50. The number of aryl methyl sites for hydroxylation is 1.